The summed E-state index contributed by atoms with van der Waals surface area (Å²) in [5.74, 6) is 0. The van der Waals surface area contributed by atoms with E-state index in [0.717, 1.165) is 12.8 Å². The summed E-state index contributed by atoms with van der Waals surface area (Å²) in [4.78, 5) is 4.23. The van der Waals surface area contributed by atoms with Gasteiger partial charge >= 0.3 is 0 Å². The molecule has 0 spiro atoms. The van der Waals surface area contributed by atoms with Crippen LogP contribution in [-0.2, 0) is 12.8 Å². The third-order valence-electron chi connectivity index (χ3n) is 2.40. The van der Waals surface area contributed by atoms with Crippen LogP contribution in [0.15, 0.2) is 18.5 Å². The number of nitrogens with zero attached hydrogens (tertiary/aromatic N) is 1. The normalized spacial score (nSPS) is 14.4. The first-order chi connectivity index (χ1) is 5.92. The Balaban J connectivity index is 2.54. The maximum Gasteiger partial charge on any atom is 0.0306 e. The standard InChI is InChI=1S/C11H13N/c1-2-9-7-12-8-10-5-3-4-6-11(9)10/h4,6-8H,2-3,5H2,1H3. The summed E-state index contributed by atoms with van der Waals surface area (Å²) >= 11 is 0. The van der Waals surface area contributed by atoms with E-state index in [1.165, 1.54) is 23.1 Å². The number of pyridine rings is 1. The van der Waals surface area contributed by atoms with Gasteiger partial charge in [0, 0.05) is 12.4 Å². The van der Waals surface area contributed by atoms with Gasteiger partial charge in [0.05, 0.1) is 0 Å². The smallest absolute Gasteiger partial charge is 0.0306 e. The average molecular weight is 159 g/mol. The number of aryl methyl sites for hydroxylation is 2. The monoisotopic (exact) mass is 159 g/mol. The molecule has 1 aromatic rings. The summed E-state index contributed by atoms with van der Waals surface area (Å²) < 4.78 is 0. The number of hydrogen-bond acceptors (Lipinski definition) is 1. The van der Waals surface area contributed by atoms with E-state index in [0.29, 0.717) is 0 Å². The zero-order valence-electron chi connectivity index (χ0n) is 7.38. The van der Waals surface area contributed by atoms with Crippen molar-refractivity contribution in [2.24, 2.45) is 0 Å². The molecule has 0 N–H and O–H groups in total. The fraction of sp³-hybridized carbons (Fsp3) is 0.364. The van der Waals surface area contributed by atoms with Gasteiger partial charge in [0.25, 0.3) is 0 Å². The van der Waals surface area contributed by atoms with Gasteiger partial charge in [0.1, 0.15) is 0 Å². The van der Waals surface area contributed by atoms with Gasteiger partial charge < -0.3 is 0 Å². The molecule has 0 aliphatic heterocycles. The molecule has 1 aromatic heterocycles. The molecule has 0 aromatic carbocycles. The van der Waals surface area contributed by atoms with E-state index in [-0.39, 0.29) is 0 Å². The summed E-state index contributed by atoms with van der Waals surface area (Å²) in [5, 5.41) is 0. The quantitative estimate of drug-likeness (QED) is 0.613. The average Bonchev–Trinajstić information content (AvgIpc) is 2.17. The van der Waals surface area contributed by atoms with Crippen LogP contribution < -0.4 is 0 Å². The lowest BCUT2D eigenvalue weighted by atomic mass is 9.95. The second kappa shape index (κ2) is 3.10. The van der Waals surface area contributed by atoms with Crippen LogP contribution in [0.5, 0.6) is 0 Å². The van der Waals surface area contributed by atoms with Crippen molar-refractivity contribution in [1.82, 2.24) is 4.98 Å². The summed E-state index contributed by atoms with van der Waals surface area (Å²) in [6.45, 7) is 2.18. The third-order valence-corrected chi connectivity index (χ3v) is 2.40. The van der Waals surface area contributed by atoms with Crippen LogP contribution >= 0.6 is 0 Å². The minimum atomic E-state index is 1.08. The Morgan fingerprint density at radius 2 is 2.33 bits per heavy atom. The van der Waals surface area contributed by atoms with E-state index in [1.54, 1.807) is 0 Å². The number of aromatic nitrogens is 1. The van der Waals surface area contributed by atoms with Crippen LogP contribution in [0.1, 0.15) is 30.0 Å². The van der Waals surface area contributed by atoms with Gasteiger partial charge in [0.15, 0.2) is 0 Å². The molecule has 1 heterocycles. The molecule has 0 atom stereocenters. The number of fused-ring (bicyclic) bond motifs is 1. The lowest BCUT2D eigenvalue weighted by molar-refractivity contribution is 0.950. The topological polar surface area (TPSA) is 12.9 Å². The van der Waals surface area contributed by atoms with E-state index in [2.05, 4.69) is 24.1 Å². The Labute approximate surface area is 73.1 Å². The summed E-state index contributed by atoms with van der Waals surface area (Å²) in [6.07, 6.45) is 11.9. The predicted octanol–water partition coefficient (Wildman–Crippen LogP) is 2.60. The molecule has 2 rings (SSSR count). The fourth-order valence-electron chi connectivity index (χ4n) is 1.70. The first-order valence-corrected chi connectivity index (χ1v) is 4.54. The molecule has 1 nitrogen and oxygen atoms in total. The predicted molar refractivity (Wildman–Crippen MR) is 51.0 cm³/mol. The first kappa shape index (κ1) is 7.53. The van der Waals surface area contributed by atoms with Gasteiger partial charge in [-0.2, -0.15) is 0 Å². The van der Waals surface area contributed by atoms with Crippen LogP contribution in [0, 0.1) is 0 Å². The van der Waals surface area contributed by atoms with E-state index in [9.17, 15) is 0 Å². The Bertz CT molecular complexity index is 313. The Morgan fingerprint density at radius 1 is 1.42 bits per heavy atom. The highest BCUT2D eigenvalue weighted by Crippen LogP contribution is 2.21. The van der Waals surface area contributed by atoms with Gasteiger partial charge in [-0.1, -0.05) is 19.1 Å². The van der Waals surface area contributed by atoms with Crippen molar-refractivity contribution < 1.29 is 0 Å². The molecule has 1 aliphatic carbocycles. The summed E-state index contributed by atoms with van der Waals surface area (Å²) in [6, 6.07) is 0. The zero-order chi connectivity index (χ0) is 8.39. The lowest BCUT2D eigenvalue weighted by Crippen LogP contribution is -1.99. The number of rotatable bonds is 1. The van der Waals surface area contributed by atoms with Crippen molar-refractivity contribution in [2.45, 2.75) is 26.2 Å². The molecule has 1 aliphatic rings. The van der Waals surface area contributed by atoms with Gasteiger partial charge in [0.2, 0.25) is 0 Å². The van der Waals surface area contributed by atoms with Crippen molar-refractivity contribution in [3.05, 3.63) is 35.2 Å². The van der Waals surface area contributed by atoms with Crippen LogP contribution in [0.4, 0.5) is 0 Å². The molecule has 0 fully saturated rings. The van der Waals surface area contributed by atoms with Crippen LogP contribution in [0.2, 0.25) is 0 Å². The molecule has 0 amide bonds. The zero-order valence-corrected chi connectivity index (χ0v) is 7.38. The number of allylic oxidation sites excluding steroid dienone is 1. The van der Waals surface area contributed by atoms with Crippen LogP contribution in [0.25, 0.3) is 6.08 Å². The molecular formula is C11H13N. The maximum atomic E-state index is 4.23. The minimum Gasteiger partial charge on any atom is -0.264 e. The Kier molecular flexibility index (Phi) is 1.94. The lowest BCUT2D eigenvalue weighted by Gasteiger charge is -2.12. The van der Waals surface area contributed by atoms with Gasteiger partial charge in [-0.05, 0) is 36.0 Å². The van der Waals surface area contributed by atoms with Crippen LogP contribution in [-0.4, -0.2) is 4.98 Å². The molecule has 62 valence electrons. The second-order valence-corrected chi connectivity index (χ2v) is 3.17. The number of hydrogen-bond donors (Lipinski definition) is 0. The summed E-state index contributed by atoms with van der Waals surface area (Å²) in [7, 11) is 0. The van der Waals surface area contributed by atoms with Gasteiger partial charge in [-0.15, -0.1) is 0 Å². The van der Waals surface area contributed by atoms with Crippen LogP contribution in [0.3, 0.4) is 0 Å². The largest absolute Gasteiger partial charge is 0.264 e. The van der Waals surface area contributed by atoms with Gasteiger partial charge in [-0.3, -0.25) is 4.98 Å². The molecule has 12 heavy (non-hydrogen) atoms. The highest BCUT2D eigenvalue weighted by atomic mass is 14.6. The van der Waals surface area contributed by atoms with E-state index in [4.69, 9.17) is 0 Å². The van der Waals surface area contributed by atoms with Gasteiger partial charge in [-0.25, -0.2) is 0 Å². The molecule has 0 saturated heterocycles. The molecule has 0 radical (unpaired) electrons. The van der Waals surface area contributed by atoms with Crippen molar-refractivity contribution in [3.63, 3.8) is 0 Å². The fourth-order valence-corrected chi connectivity index (χ4v) is 1.70. The molecule has 0 bridgehead atoms. The molecule has 1 heteroatoms. The third kappa shape index (κ3) is 1.15. The SMILES string of the molecule is CCc1cncc2c1C=CCC2. The second-order valence-electron chi connectivity index (χ2n) is 3.17. The van der Waals surface area contributed by atoms with E-state index >= 15 is 0 Å². The van der Waals surface area contributed by atoms with E-state index in [1.807, 2.05) is 12.4 Å². The molecule has 0 saturated carbocycles. The highest BCUT2D eigenvalue weighted by Gasteiger charge is 2.07. The highest BCUT2D eigenvalue weighted by molar-refractivity contribution is 5.59. The van der Waals surface area contributed by atoms with Crippen molar-refractivity contribution >= 4 is 6.08 Å². The minimum absolute atomic E-state index is 1.08. The Morgan fingerprint density at radius 3 is 3.17 bits per heavy atom. The van der Waals surface area contributed by atoms with Crippen molar-refractivity contribution in [2.75, 3.05) is 0 Å². The van der Waals surface area contributed by atoms with Crippen molar-refractivity contribution in [1.29, 1.82) is 0 Å². The first-order valence-electron chi connectivity index (χ1n) is 4.54. The summed E-state index contributed by atoms with van der Waals surface area (Å²) in [5.41, 5.74) is 4.21. The Hall–Kier alpha value is -1.11. The molecule has 0 unspecified atom stereocenters. The maximum absolute atomic E-state index is 4.23. The van der Waals surface area contributed by atoms with E-state index < -0.39 is 0 Å². The molecular weight excluding hydrogens is 146 g/mol. The van der Waals surface area contributed by atoms with Crippen molar-refractivity contribution in [3.8, 4) is 0 Å².